The summed E-state index contributed by atoms with van der Waals surface area (Å²) in [6.07, 6.45) is 7.23. The summed E-state index contributed by atoms with van der Waals surface area (Å²) in [4.78, 5) is 0. The molecular formula is C12H22N4. The van der Waals surface area contributed by atoms with Gasteiger partial charge in [-0.2, -0.15) is 5.10 Å². The van der Waals surface area contributed by atoms with Crippen molar-refractivity contribution in [2.24, 2.45) is 7.05 Å². The highest BCUT2D eigenvalue weighted by atomic mass is 15.3. The van der Waals surface area contributed by atoms with Crippen LogP contribution in [0.5, 0.6) is 0 Å². The van der Waals surface area contributed by atoms with E-state index in [0.717, 1.165) is 30.0 Å². The molecule has 1 heterocycles. The standard InChI is InChI=1S/C12H22N4/c1-3-6-10-11(13)12(16(2)15-10)14-9-7-4-5-8-9/h9,14H,3-8,13H2,1-2H3. The van der Waals surface area contributed by atoms with Crippen LogP contribution in [0.3, 0.4) is 0 Å². The summed E-state index contributed by atoms with van der Waals surface area (Å²) >= 11 is 0. The minimum atomic E-state index is 0.590. The number of hydrogen-bond acceptors (Lipinski definition) is 3. The number of aryl methyl sites for hydroxylation is 2. The molecule has 4 heteroatoms. The highest BCUT2D eigenvalue weighted by Gasteiger charge is 2.19. The van der Waals surface area contributed by atoms with Crippen molar-refractivity contribution in [1.29, 1.82) is 0 Å². The Bertz CT molecular complexity index is 350. The second kappa shape index (κ2) is 4.76. The highest BCUT2D eigenvalue weighted by molar-refractivity contribution is 5.65. The van der Waals surface area contributed by atoms with Gasteiger partial charge in [-0.25, -0.2) is 0 Å². The predicted octanol–water partition coefficient (Wildman–Crippen LogP) is 2.31. The van der Waals surface area contributed by atoms with Crippen molar-refractivity contribution in [2.45, 2.75) is 51.5 Å². The van der Waals surface area contributed by atoms with Gasteiger partial charge in [0.2, 0.25) is 0 Å². The molecule has 1 aromatic rings. The van der Waals surface area contributed by atoms with Crippen LogP contribution < -0.4 is 11.1 Å². The average Bonchev–Trinajstić information content (AvgIpc) is 2.84. The van der Waals surface area contributed by atoms with E-state index in [2.05, 4.69) is 17.3 Å². The molecule has 1 aromatic heterocycles. The van der Waals surface area contributed by atoms with Crippen molar-refractivity contribution in [2.75, 3.05) is 11.1 Å². The fourth-order valence-corrected chi connectivity index (χ4v) is 2.45. The molecule has 0 amide bonds. The summed E-state index contributed by atoms with van der Waals surface area (Å²) in [6.45, 7) is 2.15. The molecule has 0 unspecified atom stereocenters. The molecule has 0 bridgehead atoms. The molecule has 0 aromatic carbocycles. The third kappa shape index (κ3) is 2.15. The van der Waals surface area contributed by atoms with Gasteiger partial charge in [0.15, 0.2) is 0 Å². The van der Waals surface area contributed by atoms with E-state index < -0.39 is 0 Å². The molecule has 0 spiro atoms. The van der Waals surface area contributed by atoms with E-state index in [9.17, 15) is 0 Å². The first-order chi connectivity index (χ1) is 7.72. The molecule has 90 valence electrons. The number of nitrogens with one attached hydrogen (secondary N) is 1. The van der Waals surface area contributed by atoms with Gasteiger partial charge in [0.1, 0.15) is 5.82 Å². The largest absolute Gasteiger partial charge is 0.394 e. The first kappa shape index (κ1) is 11.3. The summed E-state index contributed by atoms with van der Waals surface area (Å²) in [5, 5.41) is 8.00. The molecule has 3 N–H and O–H groups in total. The monoisotopic (exact) mass is 222 g/mol. The Hall–Kier alpha value is -1.19. The van der Waals surface area contributed by atoms with Gasteiger partial charge >= 0.3 is 0 Å². The van der Waals surface area contributed by atoms with E-state index >= 15 is 0 Å². The van der Waals surface area contributed by atoms with Gasteiger partial charge < -0.3 is 11.1 Å². The molecule has 1 fully saturated rings. The second-order valence-corrected chi connectivity index (χ2v) is 4.71. The number of nitrogens with zero attached hydrogens (tertiary/aromatic N) is 2. The molecule has 0 saturated heterocycles. The number of aromatic nitrogens is 2. The first-order valence-corrected chi connectivity index (χ1v) is 6.30. The van der Waals surface area contributed by atoms with E-state index in [1.54, 1.807) is 0 Å². The molecule has 1 aliphatic carbocycles. The second-order valence-electron chi connectivity index (χ2n) is 4.71. The Kier molecular flexibility index (Phi) is 3.36. The number of nitrogen functional groups attached to an aromatic ring is 1. The Balaban J connectivity index is 2.12. The quantitative estimate of drug-likeness (QED) is 0.822. The average molecular weight is 222 g/mol. The highest BCUT2D eigenvalue weighted by Crippen LogP contribution is 2.27. The van der Waals surface area contributed by atoms with Crippen molar-refractivity contribution in [3.8, 4) is 0 Å². The topological polar surface area (TPSA) is 55.9 Å². The molecule has 0 atom stereocenters. The number of nitrogens with two attached hydrogens (primary N) is 1. The van der Waals surface area contributed by atoms with Crippen molar-refractivity contribution >= 4 is 11.5 Å². The minimum absolute atomic E-state index is 0.590. The summed E-state index contributed by atoms with van der Waals surface area (Å²) in [7, 11) is 1.97. The fourth-order valence-electron chi connectivity index (χ4n) is 2.45. The SMILES string of the molecule is CCCc1nn(C)c(NC2CCCC2)c1N. The molecule has 1 saturated carbocycles. The van der Waals surface area contributed by atoms with Crippen LogP contribution in [0.25, 0.3) is 0 Å². The lowest BCUT2D eigenvalue weighted by atomic mass is 10.2. The number of hydrogen-bond donors (Lipinski definition) is 2. The summed E-state index contributed by atoms with van der Waals surface area (Å²) in [5.41, 5.74) is 8.00. The van der Waals surface area contributed by atoms with E-state index in [1.165, 1.54) is 25.7 Å². The summed E-state index contributed by atoms with van der Waals surface area (Å²) in [6, 6.07) is 0.590. The minimum Gasteiger partial charge on any atom is -0.394 e. The van der Waals surface area contributed by atoms with Crippen molar-refractivity contribution < 1.29 is 0 Å². The van der Waals surface area contributed by atoms with Gasteiger partial charge in [-0.05, 0) is 19.3 Å². The lowest BCUT2D eigenvalue weighted by Crippen LogP contribution is -2.17. The van der Waals surface area contributed by atoms with Crippen LogP contribution in [0.15, 0.2) is 0 Å². The zero-order valence-corrected chi connectivity index (χ0v) is 10.3. The van der Waals surface area contributed by atoms with Crippen molar-refractivity contribution in [1.82, 2.24) is 9.78 Å². The predicted molar refractivity (Wildman–Crippen MR) is 67.5 cm³/mol. The zero-order valence-electron chi connectivity index (χ0n) is 10.3. The molecule has 0 aliphatic heterocycles. The molecular weight excluding hydrogens is 200 g/mol. The molecule has 1 aliphatic rings. The lowest BCUT2D eigenvalue weighted by Gasteiger charge is -2.13. The third-order valence-electron chi connectivity index (χ3n) is 3.34. The third-order valence-corrected chi connectivity index (χ3v) is 3.34. The van der Waals surface area contributed by atoms with Crippen LogP contribution in [0.4, 0.5) is 11.5 Å². The Morgan fingerprint density at radius 2 is 2.12 bits per heavy atom. The van der Waals surface area contributed by atoms with Crippen LogP contribution in [0.1, 0.15) is 44.7 Å². The van der Waals surface area contributed by atoms with Gasteiger partial charge in [-0.3, -0.25) is 4.68 Å². The van der Waals surface area contributed by atoms with E-state index in [0.29, 0.717) is 6.04 Å². The number of anilines is 2. The van der Waals surface area contributed by atoms with Gasteiger partial charge in [0.25, 0.3) is 0 Å². The maximum absolute atomic E-state index is 6.12. The van der Waals surface area contributed by atoms with Gasteiger partial charge in [-0.15, -0.1) is 0 Å². The van der Waals surface area contributed by atoms with E-state index in [4.69, 9.17) is 5.73 Å². The maximum atomic E-state index is 6.12. The van der Waals surface area contributed by atoms with Crippen LogP contribution in [0, 0.1) is 0 Å². The van der Waals surface area contributed by atoms with Gasteiger partial charge in [-0.1, -0.05) is 26.2 Å². The Morgan fingerprint density at radius 3 is 2.75 bits per heavy atom. The smallest absolute Gasteiger partial charge is 0.147 e. The maximum Gasteiger partial charge on any atom is 0.147 e. The lowest BCUT2D eigenvalue weighted by molar-refractivity contribution is 0.701. The van der Waals surface area contributed by atoms with Crippen LogP contribution >= 0.6 is 0 Å². The Morgan fingerprint density at radius 1 is 1.44 bits per heavy atom. The van der Waals surface area contributed by atoms with Crippen LogP contribution in [-0.2, 0) is 13.5 Å². The fraction of sp³-hybridized carbons (Fsp3) is 0.750. The van der Waals surface area contributed by atoms with Gasteiger partial charge in [0.05, 0.1) is 11.4 Å². The Labute approximate surface area is 97.2 Å². The van der Waals surface area contributed by atoms with Gasteiger partial charge in [0, 0.05) is 13.1 Å². The van der Waals surface area contributed by atoms with Crippen LogP contribution in [0.2, 0.25) is 0 Å². The zero-order chi connectivity index (χ0) is 11.5. The van der Waals surface area contributed by atoms with Crippen LogP contribution in [-0.4, -0.2) is 15.8 Å². The molecule has 2 rings (SSSR count). The number of rotatable bonds is 4. The molecule has 0 radical (unpaired) electrons. The van der Waals surface area contributed by atoms with E-state index in [1.807, 2.05) is 11.7 Å². The summed E-state index contributed by atoms with van der Waals surface area (Å²) in [5.74, 6) is 1.01. The van der Waals surface area contributed by atoms with E-state index in [-0.39, 0.29) is 0 Å². The normalized spacial score (nSPS) is 16.9. The first-order valence-electron chi connectivity index (χ1n) is 6.30. The molecule has 4 nitrogen and oxygen atoms in total. The van der Waals surface area contributed by atoms with Crippen molar-refractivity contribution in [3.63, 3.8) is 0 Å². The summed E-state index contributed by atoms with van der Waals surface area (Å²) < 4.78 is 1.89. The van der Waals surface area contributed by atoms with Crippen molar-refractivity contribution in [3.05, 3.63) is 5.69 Å². The molecule has 16 heavy (non-hydrogen) atoms.